The van der Waals surface area contributed by atoms with Gasteiger partial charge in [0.1, 0.15) is 0 Å². The second kappa shape index (κ2) is 7.55. The van der Waals surface area contributed by atoms with Crippen LogP contribution < -0.4 is 10.6 Å². The Morgan fingerprint density at radius 1 is 1.50 bits per heavy atom. The maximum atomic E-state index is 11.9. The van der Waals surface area contributed by atoms with Gasteiger partial charge in [0.05, 0.1) is 5.69 Å². The molecule has 2 amide bonds. The van der Waals surface area contributed by atoms with Crippen molar-refractivity contribution in [3.63, 3.8) is 0 Å². The summed E-state index contributed by atoms with van der Waals surface area (Å²) in [5, 5.41) is 4.80. The number of rotatable bonds is 6. The topological polar surface area (TPSA) is 77.0 Å². The van der Waals surface area contributed by atoms with Crippen LogP contribution >= 0.6 is 24.6 Å². The van der Waals surface area contributed by atoms with Gasteiger partial charge in [-0.1, -0.05) is 37.2 Å². The van der Waals surface area contributed by atoms with E-state index in [1.54, 1.807) is 6.07 Å². The van der Waals surface area contributed by atoms with E-state index >= 15 is 0 Å². The maximum absolute atomic E-state index is 11.9. The summed E-state index contributed by atoms with van der Waals surface area (Å²) in [7, 11) is 0. The highest BCUT2D eigenvalue weighted by Gasteiger charge is 2.22. The van der Waals surface area contributed by atoms with Gasteiger partial charge in [-0.2, -0.15) is 9.07 Å². The number of unbranched alkanes of at least 4 members (excludes halogenated alkanes) is 1. The molecule has 1 aromatic heterocycles. The van der Waals surface area contributed by atoms with Crippen molar-refractivity contribution in [3.8, 4) is 0 Å². The molecular weight excluding hydrogens is 318 g/mol. The minimum Gasteiger partial charge on any atom is -0.351 e. The smallest absolute Gasteiger partial charge is 0.326 e. The number of carbonyl (C=O) groups excluding carboxylic acids is 1. The van der Waals surface area contributed by atoms with Crippen LogP contribution in [0.1, 0.15) is 25.3 Å². The maximum Gasteiger partial charge on any atom is 0.326 e. The van der Waals surface area contributed by atoms with E-state index in [4.69, 9.17) is 5.73 Å². The van der Waals surface area contributed by atoms with Gasteiger partial charge >= 0.3 is 6.03 Å². The van der Waals surface area contributed by atoms with Crippen LogP contribution in [0.25, 0.3) is 0 Å². The number of aryl methyl sites for hydroxylation is 1. The molecule has 22 heavy (non-hydrogen) atoms. The predicted octanol–water partition coefficient (Wildman–Crippen LogP) is 3.39. The molecule has 2 aromatic rings. The molecule has 0 saturated carbocycles. The zero-order chi connectivity index (χ0) is 16.1. The first kappa shape index (κ1) is 16.7. The molecule has 0 saturated heterocycles. The van der Waals surface area contributed by atoms with Crippen molar-refractivity contribution in [2.75, 3.05) is 10.7 Å². The van der Waals surface area contributed by atoms with E-state index in [1.165, 1.54) is 20.7 Å². The van der Waals surface area contributed by atoms with E-state index in [1.807, 2.05) is 25.1 Å². The lowest BCUT2D eigenvalue weighted by Gasteiger charge is -2.18. The average Bonchev–Trinajstić information content (AvgIpc) is 2.80. The van der Waals surface area contributed by atoms with Crippen LogP contribution in [0.3, 0.4) is 0 Å². The van der Waals surface area contributed by atoms with E-state index in [9.17, 15) is 4.79 Å². The predicted molar refractivity (Wildman–Crippen MR) is 92.9 cm³/mol. The number of nitrogens with zero attached hydrogens (tertiary/aromatic N) is 4. The summed E-state index contributed by atoms with van der Waals surface area (Å²) in [4.78, 5) is 17.5. The van der Waals surface area contributed by atoms with Crippen molar-refractivity contribution in [2.45, 2.75) is 31.8 Å². The molecule has 118 valence electrons. The van der Waals surface area contributed by atoms with Gasteiger partial charge < -0.3 is 5.73 Å². The Labute approximate surface area is 139 Å². The fourth-order valence-corrected chi connectivity index (χ4v) is 3.08. The molecule has 8 heteroatoms. The Kier molecular flexibility index (Phi) is 5.73. The quantitative estimate of drug-likeness (QED) is 0.481. The number of benzene rings is 1. The Hall–Kier alpha value is -1.67. The Morgan fingerprint density at radius 3 is 2.91 bits per heavy atom. The summed E-state index contributed by atoms with van der Waals surface area (Å²) < 4.78 is 1.28. The van der Waals surface area contributed by atoms with Crippen LogP contribution in [-0.4, -0.2) is 26.0 Å². The fraction of sp³-hybridized carbons (Fsp3) is 0.357. The molecule has 6 nitrogen and oxygen atoms in total. The molecule has 2 N–H and O–H groups in total. The van der Waals surface area contributed by atoms with Gasteiger partial charge in [-0.15, -0.1) is 5.10 Å². The molecule has 0 radical (unpaired) electrons. The second-order valence-electron chi connectivity index (χ2n) is 4.80. The number of aromatic nitrogens is 3. The SMILES string of the molecule is CCCCSc1nc(N(C(N)=O)c2cccc(C)c2)n(S)n1. The molecule has 0 atom stereocenters. The minimum atomic E-state index is -0.626. The fourth-order valence-electron chi connectivity index (χ4n) is 1.90. The molecule has 0 aliphatic carbocycles. The number of carbonyl (C=O) groups is 1. The highest BCUT2D eigenvalue weighted by Crippen LogP contribution is 2.27. The van der Waals surface area contributed by atoms with Gasteiger partial charge in [0.2, 0.25) is 11.1 Å². The molecule has 0 fully saturated rings. The number of thioether (sulfide) groups is 1. The van der Waals surface area contributed by atoms with Gasteiger partial charge in [-0.05, 0) is 43.9 Å². The molecule has 1 heterocycles. The zero-order valence-corrected chi connectivity index (χ0v) is 14.3. The molecule has 1 aromatic carbocycles. The summed E-state index contributed by atoms with van der Waals surface area (Å²) in [5.74, 6) is 1.22. The molecule has 0 spiro atoms. The average molecular weight is 337 g/mol. The third-order valence-electron chi connectivity index (χ3n) is 2.96. The third kappa shape index (κ3) is 3.95. The van der Waals surface area contributed by atoms with Crippen molar-refractivity contribution >= 4 is 42.2 Å². The number of anilines is 2. The van der Waals surface area contributed by atoms with E-state index < -0.39 is 6.03 Å². The molecule has 2 rings (SSSR count). The Balaban J connectivity index is 2.31. The highest BCUT2D eigenvalue weighted by atomic mass is 32.2. The lowest BCUT2D eigenvalue weighted by molar-refractivity contribution is 0.255. The number of hydrogen-bond acceptors (Lipinski definition) is 5. The van der Waals surface area contributed by atoms with E-state index in [0.717, 1.165) is 24.2 Å². The van der Waals surface area contributed by atoms with Gasteiger partial charge in [-0.3, -0.25) is 0 Å². The molecule has 0 unspecified atom stereocenters. The summed E-state index contributed by atoms with van der Waals surface area (Å²) >= 11 is 5.79. The van der Waals surface area contributed by atoms with Gasteiger partial charge in [-0.25, -0.2) is 9.69 Å². The Bertz CT molecular complexity index is 658. The largest absolute Gasteiger partial charge is 0.351 e. The van der Waals surface area contributed by atoms with Crippen molar-refractivity contribution in [1.82, 2.24) is 14.2 Å². The summed E-state index contributed by atoms with van der Waals surface area (Å²) in [6.45, 7) is 4.07. The first-order valence-electron chi connectivity index (χ1n) is 6.98. The highest BCUT2D eigenvalue weighted by molar-refractivity contribution is 7.99. The van der Waals surface area contributed by atoms with Gasteiger partial charge in [0.25, 0.3) is 0 Å². The molecule has 0 aliphatic heterocycles. The van der Waals surface area contributed by atoms with E-state index in [2.05, 4.69) is 29.8 Å². The number of amides is 2. The standard InChI is InChI=1S/C14H19N5OS2/c1-3-4-8-22-13-16-14(19(21)17-13)18(12(15)20)11-7-5-6-10(2)9-11/h5-7,9,21H,3-4,8H2,1-2H3,(H2,15,20). The summed E-state index contributed by atoms with van der Waals surface area (Å²) in [5.41, 5.74) is 7.17. The number of primary amides is 1. The molecule has 0 bridgehead atoms. The van der Waals surface area contributed by atoms with Crippen LogP contribution in [0.5, 0.6) is 0 Å². The van der Waals surface area contributed by atoms with Gasteiger partial charge in [0.15, 0.2) is 0 Å². The number of thiol groups is 1. The first-order chi connectivity index (χ1) is 10.5. The first-order valence-corrected chi connectivity index (χ1v) is 8.36. The molecular formula is C14H19N5OS2. The number of nitrogens with two attached hydrogens (primary N) is 1. The van der Waals surface area contributed by atoms with Crippen molar-refractivity contribution in [2.24, 2.45) is 5.73 Å². The Morgan fingerprint density at radius 2 is 2.27 bits per heavy atom. The third-order valence-corrected chi connectivity index (χ3v) is 4.16. The number of urea groups is 1. The van der Waals surface area contributed by atoms with Crippen LogP contribution in [0.4, 0.5) is 16.4 Å². The number of hydrogen-bond donors (Lipinski definition) is 2. The summed E-state index contributed by atoms with van der Waals surface area (Å²) in [6.07, 6.45) is 2.19. The zero-order valence-electron chi connectivity index (χ0n) is 12.6. The normalized spacial score (nSPS) is 10.7. The van der Waals surface area contributed by atoms with Crippen LogP contribution in [0, 0.1) is 6.92 Å². The van der Waals surface area contributed by atoms with Crippen LogP contribution in [-0.2, 0) is 0 Å². The van der Waals surface area contributed by atoms with Crippen molar-refractivity contribution in [1.29, 1.82) is 0 Å². The van der Waals surface area contributed by atoms with Crippen LogP contribution in [0.15, 0.2) is 29.4 Å². The lowest BCUT2D eigenvalue weighted by Crippen LogP contribution is -2.33. The van der Waals surface area contributed by atoms with E-state index in [0.29, 0.717) is 16.8 Å². The van der Waals surface area contributed by atoms with E-state index in [-0.39, 0.29) is 0 Å². The second-order valence-corrected chi connectivity index (χ2v) is 6.24. The summed E-state index contributed by atoms with van der Waals surface area (Å²) in [6, 6.07) is 6.83. The monoisotopic (exact) mass is 337 g/mol. The van der Waals surface area contributed by atoms with Crippen LogP contribution in [0.2, 0.25) is 0 Å². The lowest BCUT2D eigenvalue weighted by atomic mass is 10.2. The van der Waals surface area contributed by atoms with Gasteiger partial charge in [0, 0.05) is 5.75 Å². The molecule has 0 aliphatic rings. The van der Waals surface area contributed by atoms with Crippen molar-refractivity contribution in [3.05, 3.63) is 29.8 Å². The van der Waals surface area contributed by atoms with Crippen molar-refractivity contribution < 1.29 is 4.79 Å². The minimum absolute atomic E-state index is 0.292.